The van der Waals surface area contributed by atoms with Gasteiger partial charge in [-0.15, -0.1) is 0 Å². The number of likely N-dealkylation sites (N-methyl/N-ethyl adjacent to an activating group) is 1. The smallest absolute Gasteiger partial charge is 0.237 e. The Morgan fingerprint density at radius 1 is 0.935 bits per heavy atom. The Bertz CT molecular complexity index is 1970. The molecule has 1 amide bonds. The SMILES string of the molecule is CCN(C)CC(=O)N1Cc2nc(-c3cccc(-c4cccc(-c5nc6cc(CN7CCCC7)cc(C#N)c6o5)c4C)c3C)oc2C1. The third kappa shape index (κ3) is 5.48. The van der Waals surface area contributed by atoms with E-state index in [1.165, 1.54) is 12.8 Å². The number of benzene rings is 3. The van der Waals surface area contributed by atoms with Crippen LogP contribution in [0.2, 0.25) is 0 Å². The van der Waals surface area contributed by atoms with Crippen molar-refractivity contribution in [1.29, 1.82) is 5.26 Å². The summed E-state index contributed by atoms with van der Waals surface area (Å²) in [6, 6.07) is 18.6. The topological polar surface area (TPSA) is 103 Å². The van der Waals surface area contributed by atoms with Crippen LogP contribution in [0.5, 0.6) is 0 Å². The second kappa shape index (κ2) is 12.2. The molecule has 2 aliphatic heterocycles. The van der Waals surface area contributed by atoms with Crippen molar-refractivity contribution in [3.8, 4) is 40.1 Å². The maximum absolute atomic E-state index is 12.7. The Balaban J connectivity index is 1.18. The number of oxazole rings is 2. The summed E-state index contributed by atoms with van der Waals surface area (Å²) in [6.07, 6.45) is 2.44. The fourth-order valence-electron chi connectivity index (χ4n) is 6.67. The number of amides is 1. The maximum atomic E-state index is 12.7. The number of fused-ring (bicyclic) bond motifs is 2. The van der Waals surface area contributed by atoms with Gasteiger partial charge in [-0.2, -0.15) is 5.26 Å². The van der Waals surface area contributed by atoms with Gasteiger partial charge in [-0.3, -0.25) is 14.6 Å². The van der Waals surface area contributed by atoms with E-state index in [9.17, 15) is 10.1 Å². The first kappa shape index (κ1) is 29.9. The monoisotopic (exact) mass is 614 g/mol. The van der Waals surface area contributed by atoms with E-state index >= 15 is 0 Å². The molecule has 4 heterocycles. The molecule has 234 valence electrons. The van der Waals surface area contributed by atoms with Crippen LogP contribution in [0.15, 0.2) is 57.4 Å². The highest BCUT2D eigenvalue weighted by molar-refractivity contribution is 5.85. The van der Waals surface area contributed by atoms with Crippen LogP contribution in [0.25, 0.3) is 45.1 Å². The normalized spacial score (nSPS) is 14.8. The van der Waals surface area contributed by atoms with Crippen LogP contribution >= 0.6 is 0 Å². The number of likely N-dealkylation sites (tertiary alicyclic amines) is 1. The van der Waals surface area contributed by atoms with Gasteiger partial charge in [0.1, 0.15) is 23.0 Å². The predicted molar refractivity (Wildman–Crippen MR) is 177 cm³/mol. The summed E-state index contributed by atoms with van der Waals surface area (Å²) in [7, 11) is 1.94. The van der Waals surface area contributed by atoms with Crippen molar-refractivity contribution in [2.75, 3.05) is 33.2 Å². The van der Waals surface area contributed by atoms with E-state index < -0.39 is 0 Å². The quantitative estimate of drug-likeness (QED) is 0.190. The van der Waals surface area contributed by atoms with Crippen molar-refractivity contribution in [1.82, 2.24) is 24.7 Å². The van der Waals surface area contributed by atoms with Crippen molar-refractivity contribution >= 4 is 17.0 Å². The van der Waals surface area contributed by atoms with Crippen molar-refractivity contribution < 1.29 is 13.6 Å². The Hall–Kier alpha value is -4.78. The van der Waals surface area contributed by atoms with Crippen LogP contribution in [-0.4, -0.2) is 63.8 Å². The number of rotatable bonds is 8. The lowest BCUT2D eigenvalue weighted by atomic mass is 9.91. The summed E-state index contributed by atoms with van der Waals surface area (Å²) in [5, 5.41) is 9.93. The molecule has 1 saturated heterocycles. The van der Waals surface area contributed by atoms with Gasteiger partial charge in [-0.25, -0.2) is 9.97 Å². The van der Waals surface area contributed by atoms with Gasteiger partial charge in [-0.05, 0) is 105 Å². The standard InChI is InChI=1S/C37H38N6O3/c1-5-41(4)22-34(44)43-20-32-33(21-43)45-36(40-32)29-12-8-10-27(23(29)2)28-11-9-13-30(24(28)3)37-39-31-17-25(19-42-14-6-7-15-42)16-26(18-38)35(31)46-37/h8-13,16-17H,5-7,14-15,19-22H2,1-4H3. The average Bonchev–Trinajstić information content (AvgIpc) is 3.85. The molecule has 0 saturated carbocycles. The number of nitriles is 1. The molecule has 3 aromatic carbocycles. The highest BCUT2D eigenvalue weighted by Crippen LogP contribution is 2.38. The number of hydrogen-bond acceptors (Lipinski definition) is 8. The van der Waals surface area contributed by atoms with Crippen molar-refractivity contribution in [2.45, 2.75) is 53.2 Å². The zero-order valence-corrected chi connectivity index (χ0v) is 26.9. The molecule has 1 fully saturated rings. The lowest BCUT2D eigenvalue weighted by Crippen LogP contribution is -2.35. The fourth-order valence-corrected chi connectivity index (χ4v) is 6.67. The Labute approximate surface area is 269 Å². The number of nitrogens with zero attached hydrogens (tertiary/aromatic N) is 6. The van der Waals surface area contributed by atoms with Crippen LogP contribution in [0.3, 0.4) is 0 Å². The summed E-state index contributed by atoms with van der Waals surface area (Å²) in [5.74, 6) is 1.91. The number of hydrogen-bond donors (Lipinski definition) is 0. The first-order chi connectivity index (χ1) is 22.3. The first-order valence-corrected chi connectivity index (χ1v) is 16.0. The lowest BCUT2D eigenvalue weighted by molar-refractivity contribution is -0.132. The summed E-state index contributed by atoms with van der Waals surface area (Å²) >= 11 is 0. The van der Waals surface area contributed by atoms with Gasteiger partial charge in [0.05, 0.1) is 25.2 Å². The molecule has 9 nitrogen and oxygen atoms in total. The second-order valence-electron chi connectivity index (χ2n) is 12.5. The van der Waals surface area contributed by atoms with Gasteiger partial charge in [-0.1, -0.05) is 31.2 Å². The zero-order chi connectivity index (χ0) is 31.9. The Morgan fingerprint density at radius 2 is 1.59 bits per heavy atom. The van der Waals surface area contributed by atoms with Crippen molar-refractivity contribution in [3.05, 3.63) is 82.2 Å². The average molecular weight is 615 g/mol. The van der Waals surface area contributed by atoms with Crippen LogP contribution in [-0.2, 0) is 24.4 Å². The van der Waals surface area contributed by atoms with Gasteiger partial charge in [0.2, 0.25) is 17.7 Å². The zero-order valence-electron chi connectivity index (χ0n) is 26.9. The molecule has 2 aliphatic rings. The molecular weight excluding hydrogens is 576 g/mol. The molecule has 46 heavy (non-hydrogen) atoms. The summed E-state index contributed by atoms with van der Waals surface area (Å²) in [6.45, 7) is 11.3. The number of carbonyl (C=O) groups excluding carboxylic acids is 1. The molecular formula is C37H38N6O3. The molecule has 0 unspecified atom stereocenters. The van der Waals surface area contributed by atoms with E-state index in [1.807, 2.05) is 49.2 Å². The highest BCUT2D eigenvalue weighted by Gasteiger charge is 2.30. The number of aromatic nitrogens is 2. The van der Waals surface area contributed by atoms with E-state index in [-0.39, 0.29) is 5.91 Å². The molecule has 9 heteroatoms. The summed E-state index contributed by atoms with van der Waals surface area (Å²) in [4.78, 5) is 28.6. The molecule has 5 aromatic rings. The van der Waals surface area contributed by atoms with Gasteiger partial charge >= 0.3 is 0 Å². The molecule has 0 aliphatic carbocycles. The van der Waals surface area contributed by atoms with Gasteiger partial charge in [0.15, 0.2) is 5.58 Å². The molecule has 0 N–H and O–H groups in total. The third-order valence-electron chi connectivity index (χ3n) is 9.44. The van der Waals surface area contributed by atoms with Crippen LogP contribution in [0.4, 0.5) is 0 Å². The van der Waals surface area contributed by atoms with E-state index in [2.05, 4.69) is 43.0 Å². The second-order valence-corrected chi connectivity index (χ2v) is 12.5. The van der Waals surface area contributed by atoms with Crippen LogP contribution in [0.1, 0.15) is 53.5 Å². The van der Waals surface area contributed by atoms with Gasteiger partial charge in [0.25, 0.3) is 0 Å². The van der Waals surface area contributed by atoms with Gasteiger partial charge < -0.3 is 13.7 Å². The molecule has 2 aromatic heterocycles. The fraction of sp³-hybridized carbons (Fsp3) is 0.351. The van der Waals surface area contributed by atoms with Gasteiger partial charge in [0, 0.05) is 17.7 Å². The van der Waals surface area contributed by atoms with Crippen LogP contribution < -0.4 is 0 Å². The Kier molecular flexibility index (Phi) is 7.93. The summed E-state index contributed by atoms with van der Waals surface area (Å²) < 4.78 is 12.5. The minimum Gasteiger partial charge on any atom is -0.439 e. The molecule has 0 atom stereocenters. The molecule has 7 rings (SSSR count). The van der Waals surface area contributed by atoms with E-state index in [0.29, 0.717) is 48.1 Å². The van der Waals surface area contributed by atoms with E-state index in [4.69, 9.17) is 18.8 Å². The maximum Gasteiger partial charge on any atom is 0.237 e. The predicted octanol–water partition coefficient (Wildman–Crippen LogP) is 6.70. The largest absolute Gasteiger partial charge is 0.439 e. The first-order valence-electron chi connectivity index (χ1n) is 16.0. The third-order valence-corrected chi connectivity index (χ3v) is 9.44. The van der Waals surface area contributed by atoms with E-state index in [1.54, 1.807) is 4.90 Å². The van der Waals surface area contributed by atoms with Crippen molar-refractivity contribution in [3.63, 3.8) is 0 Å². The minimum absolute atomic E-state index is 0.0814. The molecule has 0 radical (unpaired) electrons. The van der Waals surface area contributed by atoms with Crippen LogP contribution in [0, 0.1) is 25.2 Å². The number of carbonyl (C=O) groups is 1. The minimum atomic E-state index is 0.0814. The summed E-state index contributed by atoms with van der Waals surface area (Å²) in [5.41, 5.74) is 9.68. The Morgan fingerprint density at radius 3 is 2.22 bits per heavy atom. The molecule has 0 spiro atoms. The van der Waals surface area contributed by atoms with E-state index in [0.717, 1.165) is 76.6 Å². The van der Waals surface area contributed by atoms with Crippen molar-refractivity contribution in [2.24, 2.45) is 0 Å². The highest BCUT2D eigenvalue weighted by atomic mass is 16.4. The lowest BCUT2D eigenvalue weighted by Gasteiger charge is -2.19. The molecule has 0 bridgehead atoms.